The predicted molar refractivity (Wildman–Crippen MR) is 454 cm³/mol. The van der Waals surface area contributed by atoms with Gasteiger partial charge in [-0.3, -0.25) is 57.5 Å². The summed E-state index contributed by atoms with van der Waals surface area (Å²) in [5.74, 6) is -6.52. The Morgan fingerprint density at radius 2 is 0.563 bits per heavy atom. The van der Waals surface area contributed by atoms with E-state index in [1.54, 1.807) is 125 Å². The molecule has 0 radical (unpaired) electrons. The third-order valence-corrected chi connectivity index (χ3v) is 17.4. The van der Waals surface area contributed by atoms with Crippen LogP contribution in [-0.4, -0.2) is 177 Å². The number of nitrogens with zero attached hydrogens (tertiary/aromatic N) is 3. The monoisotopic (exact) mass is 1720 g/mol. The van der Waals surface area contributed by atoms with Crippen molar-refractivity contribution in [3.8, 4) is 103 Å². The summed E-state index contributed by atoms with van der Waals surface area (Å²) in [6, 6.07) is 50.8. The van der Waals surface area contributed by atoms with Gasteiger partial charge in [0.2, 0.25) is 34.7 Å². The lowest BCUT2D eigenvalue weighted by molar-refractivity contribution is -0.121. The Kier molecular flexibility index (Phi) is 33.2. The number of carbonyl (C=O) groups is 12. The maximum atomic E-state index is 12.7. The zero-order chi connectivity index (χ0) is 92.9. The van der Waals surface area contributed by atoms with Gasteiger partial charge in [0.05, 0.1) is 89.5 Å². The normalized spacial score (nSPS) is 10.0. The van der Waals surface area contributed by atoms with Gasteiger partial charge in [-0.05, 0) is 109 Å². The standard InChI is InChI=1S/3C16H15NO5.3C14H11NO5/c1-17(2)12-7-10(19)8-14(22-9-18)15(12)16(21)11-5-3-4-6-13(11)20;1-17(2)12-7-11(15(22-9-18)8-14(12)20)16(21)10-5-3-4-6-13(10)19;1-17(2)14-13(20)8-7-11(16(14)22-9-18)15(21)10-5-3-4-6-12(10)19;15-10-5-8(17)6-12(20-7-16)13(10)14(19)9-3-1-2-4-11(9)18;15-10-5-9(13(20-7-16)6-12(10)18)14(19)8-3-1-2-4-11(8)17;15-12-11(18)6-5-9(14(12)20-7-16)13(19)8-3-1-2-4-10(8)17/h3*3-9,19-20H,1-2H3;3*1-7,17-18H,15H2. The molecule has 36 heteroatoms. The van der Waals surface area contributed by atoms with Crippen LogP contribution >= 0.6 is 0 Å². The van der Waals surface area contributed by atoms with E-state index in [0.29, 0.717) is 11.4 Å². The Bertz CT molecular complexity index is 6000. The van der Waals surface area contributed by atoms with Crippen LogP contribution in [0.1, 0.15) is 95.5 Å². The van der Waals surface area contributed by atoms with Crippen LogP contribution in [0.2, 0.25) is 0 Å². The Balaban J connectivity index is 0.000000208. The lowest BCUT2D eigenvalue weighted by atomic mass is 9.99. The van der Waals surface area contributed by atoms with Crippen molar-refractivity contribution in [3.63, 3.8) is 0 Å². The molecule has 648 valence electrons. The minimum absolute atomic E-state index is 0.0145. The van der Waals surface area contributed by atoms with Gasteiger partial charge in [-0.2, -0.15) is 0 Å². The third kappa shape index (κ3) is 23.2. The van der Waals surface area contributed by atoms with Crippen molar-refractivity contribution in [3.05, 3.63) is 285 Å². The molecule has 12 aromatic rings. The molecule has 0 aromatic heterocycles. The Morgan fingerprint density at radius 1 is 0.254 bits per heavy atom. The molecule has 126 heavy (non-hydrogen) atoms. The molecule has 0 heterocycles. The SMILES string of the molecule is CN(C)c1c(O)ccc(C(=O)c2ccccc2O)c1OC=O.CN(C)c1cc(C(=O)c2ccccc2O)c(OC=O)cc1O.CN(C)c1cc(O)cc(OC=O)c1C(=O)c1ccccc1O.Nc1c(O)ccc(C(=O)c2ccccc2O)c1OC=O.Nc1cc(C(=O)c2ccccc2O)c(OC=O)cc1O.Nc1cc(O)cc(OC=O)c1C(=O)c1ccccc1O. The predicted octanol–water partition coefficient (Wildman–Crippen LogP) is 10.1. The number of benzene rings is 12. The van der Waals surface area contributed by atoms with Gasteiger partial charge in [0.25, 0.3) is 38.8 Å². The van der Waals surface area contributed by atoms with E-state index in [4.69, 9.17) is 31.4 Å². The number of nitrogen functional groups attached to an aromatic ring is 3. The first-order valence-electron chi connectivity index (χ1n) is 36.1. The van der Waals surface area contributed by atoms with Crippen molar-refractivity contribution < 1.29 is 147 Å². The van der Waals surface area contributed by atoms with E-state index in [1.807, 2.05) is 0 Å². The topological polar surface area (TPSA) is 591 Å². The second-order valence-corrected chi connectivity index (χ2v) is 26.2. The van der Waals surface area contributed by atoms with Crippen LogP contribution in [0.4, 0.5) is 34.1 Å². The van der Waals surface area contributed by atoms with Gasteiger partial charge in [-0.1, -0.05) is 72.8 Å². The van der Waals surface area contributed by atoms with Crippen molar-refractivity contribution >= 4 is 108 Å². The molecule has 0 unspecified atom stereocenters. The molecule has 0 aliphatic heterocycles. The molecule has 0 saturated carbocycles. The summed E-state index contributed by atoms with van der Waals surface area (Å²) in [6.45, 7) is 0.889. The van der Waals surface area contributed by atoms with E-state index < -0.39 is 34.7 Å². The first-order chi connectivity index (χ1) is 60.0. The molecule has 0 spiro atoms. The Labute approximate surface area is 714 Å². The molecule has 0 saturated heterocycles. The summed E-state index contributed by atoms with van der Waals surface area (Å²) in [5, 5.41) is 116. The highest BCUT2D eigenvalue weighted by Gasteiger charge is 2.29. The van der Waals surface area contributed by atoms with Crippen LogP contribution in [0, 0.1) is 0 Å². The van der Waals surface area contributed by atoms with Gasteiger partial charge in [0.1, 0.15) is 103 Å². The Hall–Kier alpha value is -18.1. The maximum Gasteiger partial charge on any atom is 0.298 e. The minimum Gasteiger partial charge on any atom is -0.508 e. The van der Waals surface area contributed by atoms with Crippen LogP contribution in [0.3, 0.4) is 0 Å². The van der Waals surface area contributed by atoms with E-state index in [2.05, 4.69) is 14.2 Å². The van der Waals surface area contributed by atoms with Crippen LogP contribution in [0.25, 0.3) is 0 Å². The van der Waals surface area contributed by atoms with E-state index in [9.17, 15) is 119 Å². The number of rotatable bonds is 27. The lowest BCUT2D eigenvalue weighted by Crippen LogP contribution is -2.16. The summed E-state index contributed by atoms with van der Waals surface area (Å²) in [5.41, 5.74) is 17.8. The highest BCUT2D eigenvalue weighted by Crippen LogP contribution is 2.44. The zero-order valence-electron chi connectivity index (χ0n) is 67.0. The van der Waals surface area contributed by atoms with Crippen molar-refractivity contribution in [1.29, 1.82) is 0 Å². The van der Waals surface area contributed by atoms with Gasteiger partial charge in [-0.15, -0.1) is 0 Å². The number of anilines is 6. The fraction of sp³-hybridized carbons (Fsp3) is 0.0667. The van der Waals surface area contributed by atoms with E-state index in [-0.39, 0.29) is 232 Å². The van der Waals surface area contributed by atoms with Crippen molar-refractivity contribution in [2.75, 3.05) is 74.2 Å². The fourth-order valence-corrected chi connectivity index (χ4v) is 11.6. The molecule has 12 aromatic carbocycles. The number of phenols is 12. The van der Waals surface area contributed by atoms with Gasteiger partial charge < -0.3 is 122 Å². The van der Waals surface area contributed by atoms with Crippen molar-refractivity contribution in [1.82, 2.24) is 0 Å². The molecule has 0 amide bonds. The first kappa shape index (κ1) is 95.0. The molecule has 18 N–H and O–H groups in total. The second-order valence-electron chi connectivity index (χ2n) is 26.2. The molecule has 36 nitrogen and oxygen atoms in total. The number of ether oxygens (including phenoxy) is 6. The molecule has 0 atom stereocenters. The number of phenolic OH excluding ortho intramolecular Hbond substituents is 12. The lowest BCUT2D eigenvalue weighted by Gasteiger charge is -2.19. The molecular formula is C90H78N6O30. The Morgan fingerprint density at radius 3 is 0.937 bits per heavy atom. The number of para-hydroxylation sites is 6. The van der Waals surface area contributed by atoms with Gasteiger partial charge in [-0.25, -0.2) is 0 Å². The molecular weight excluding hydrogens is 1650 g/mol. The number of nitrogens with two attached hydrogens (primary N) is 3. The quantitative estimate of drug-likeness (QED) is 0.00984. The van der Waals surface area contributed by atoms with Crippen molar-refractivity contribution in [2.45, 2.75) is 0 Å². The number of aromatic hydroxyl groups is 12. The van der Waals surface area contributed by atoms with E-state index in [1.165, 1.54) is 132 Å². The summed E-state index contributed by atoms with van der Waals surface area (Å²) in [6.07, 6.45) is 0. The average molecular weight is 1720 g/mol. The van der Waals surface area contributed by atoms with Crippen LogP contribution in [0.5, 0.6) is 103 Å². The minimum atomic E-state index is -0.613. The number of ketones is 6. The summed E-state index contributed by atoms with van der Waals surface area (Å²) >= 11 is 0. The molecule has 0 aliphatic carbocycles. The number of hydrogen-bond acceptors (Lipinski definition) is 36. The zero-order valence-corrected chi connectivity index (χ0v) is 67.0. The average Bonchev–Trinajstić information content (AvgIpc) is 0.806. The van der Waals surface area contributed by atoms with E-state index >= 15 is 0 Å². The smallest absolute Gasteiger partial charge is 0.298 e. The third-order valence-electron chi connectivity index (χ3n) is 17.4. The molecule has 0 bridgehead atoms. The number of hydrogen-bond donors (Lipinski definition) is 15. The highest BCUT2D eigenvalue weighted by atomic mass is 16.5. The molecule has 0 aliphatic rings. The highest BCUT2D eigenvalue weighted by molar-refractivity contribution is 6.18. The summed E-state index contributed by atoms with van der Waals surface area (Å²) < 4.78 is 28.5. The van der Waals surface area contributed by atoms with Gasteiger partial charge >= 0.3 is 0 Å². The second kappa shape index (κ2) is 44.1. The van der Waals surface area contributed by atoms with E-state index in [0.717, 1.165) is 18.2 Å². The van der Waals surface area contributed by atoms with Crippen LogP contribution < -0.4 is 60.3 Å². The van der Waals surface area contributed by atoms with Gasteiger partial charge in [0.15, 0.2) is 11.5 Å². The first-order valence-corrected chi connectivity index (χ1v) is 36.1. The summed E-state index contributed by atoms with van der Waals surface area (Å²) in [4.78, 5) is 143. The van der Waals surface area contributed by atoms with Crippen molar-refractivity contribution in [2.24, 2.45) is 0 Å². The molecule has 12 rings (SSSR count). The van der Waals surface area contributed by atoms with Crippen LogP contribution in [0.15, 0.2) is 218 Å². The molecule has 0 fully saturated rings. The largest absolute Gasteiger partial charge is 0.508 e. The van der Waals surface area contributed by atoms with Crippen LogP contribution in [-0.2, 0) is 28.8 Å². The fourth-order valence-electron chi connectivity index (χ4n) is 11.6. The summed E-state index contributed by atoms with van der Waals surface area (Å²) in [7, 11) is 10.0. The van der Waals surface area contributed by atoms with Gasteiger partial charge in [0, 0.05) is 78.7 Å². The number of carbonyl (C=O) groups excluding carboxylic acids is 12. The maximum absolute atomic E-state index is 12.7.